The van der Waals surface area contributed by atoms with Gasteiger partial charge in [-0.3, -0.25) is 0 Å². The first-order valence-electron chi connectivity index (χ1n) is 4.08. The Labute approximate surface area is 100 Å². The lowest BCUT2D eigenvalue weighted by molar-refractivity contribution is 0.0603. The quantitative estimate of drug-likeness (QED) is 0.725. The van der Waals surface area contributed by atoms with E-state index in [2.05, 4.69) is 4.74 Å². The fraction of sp³-hybridized carbons (Fsp3) is 0.100. The highest BCUT2D eigenvalue weighted by Crippen LogP contribution is 2.35. The Morgan fingerprint density at radius 1 is 1.40 bits per heavy atom. The first-order valence-corrected chi connectivity index (χ1v) is 5.71. The second-order valence-electron chi connectivity index (χ2n) is 2.91. The highest BCUT2D eigenvalue weighted by atomic mass is 35.5. The summed E-state index contributed by atoms with van der Waals surface area (Å²) in [6.07, 6.45) is 0. The molecular formula is C10H6Cl2O2S. The van der Waals surface area contributed by atoms with E-state index in [1.165, 1.54) is 18.4 Å². The van der Waals surface area contributed by atoms with Gasteiger partial charge in [-0.2, -0.15) is 0 Å². The summed E-state index contributed by atoms with van der Waals surface area (Å²) in [7, 11) is 1.35. The third-order valence-electron chi connectivity index (χ3n) is 2.00. The van der Waals surface area contributed by atoms with E-state index in [9.17, 15) is 4.79 Å². The minimum atomic E-state index is -0.375. The maximum Gasteiger partial charge on any atom is 0.339 e. The highest BCUT2D eigenvalue weighted by Gasteiger charge is 2.14. The Morgan fingerprint density at radius 2 is 2.13 bits per heavy atom. The first kappa shape index (κ1) is 10.7. The molecule has 0 atom stereocenters. The molecule has 15 heavy (non-hydrogen) atoms. The fourth-order valence-electron chi connectivity index (χ4n) is 1.33. The molecule has 0 radical (unpaired) electrons. The average molecular weight is 261 g/mol. The van der Waals surface area contributed by atoms with Crippen molar-refractivity contribution in [3.63, 3.8) is 0 Å². The molecule has 0 saturated carbocycles. The molecule has 0 fully saturated rings. The zero-order valence-corrected chi connectivity index (χ0v) is 10.0. The van der Waals surface area contributed by atoms with Crippen LogP contribution in [-0.2, 0) is 4.74 Å². The summed E-state index contributed by atoms with van der Waals surface area (Å²) in [6, 6.07) is 3.37. The molecule has 0 unspecified atom stereocenters. The van der Waals surface area contributed by atoms with Crippen LogP contribution in [0.2, 0.25) is 10.0 Å². The van der Waals surface area contributed by atoms with Crippen LogP contribution in [0.15, 0.2) is 17.5 Å². The predicted molar refractivity (Wildman–Crippen MR) is 63.2 cm³/mol. The molecule has 1 heterocycles. The standard InChI is InChI=1S/C10H6Cl2O2S/c1-14-10(13)7-4-15-9-6(7)2-5(11)3-8(9)12/h2-4H,1H3. The number of carbonyl (C=O) groups excluding carboxylic acids is 1. The second-order valence-corrected chi connectivity index (χ2v) is 4.63. The molecule has 5 heteroatoms. The zero-order valence-electron chi connectivity index (χ0n) is 7.71. The number of carbonyl (C=O) groups is 1. The van der Waals surface area contributed by atoms with E-state index in [1.54, 1.807) is 17.5 Å². The molecule has 2 nitrogen and oxygen atoms in total. The van der Waals surface area contributed by atoms with Gasteiger partial charge in [0.15, 0.2) is 0 Å². The van der Waals surface area contributed by atoms with Gasteiger partial charge in [0, 0.05) is 15.8 Å². The molecule has 0 aliphatic rings. The lowest BCUT2D eigenvalue weighted by Gasteiger charge is -1.98. The van der Waals surface area contributed by atoms with Gasteiger partial charge < -0.3 is 4.74 Å². The summed E-state index contributed by atoms with van der Waals surface area (Å²) in [4.78, 5) is 11.4. The molecule has 2 aromatic rings. The molecule has 0 bridgehead atoms. The molecule has 1 aromatic carbocycles. The Kier molecular flexibility index (Phi) is 2.87. The molecule has 0 N–H and O–H groups in total. The van der Waals surface area contributed by atoms with Gasteiger partial charge in [0.2, 0.25) is 0 Å². The number of hydrogen-bond donors (Lipinski definition) is 0. The van der Waals surface area contributed by atoms with Crippen molar-refractivity contribution in [1.82, 2.24) is 0 Å². The summed E-state index contributed by atoms with van der Waals surface area (Å²) < 4.78 is 5.51. The molecule has 0 aliphatic heterocycles. The van der Waals surface area contributed by atoms with Gasteiger partial charge >= 0.3 is 5.97 Å². The monoisotopic (exact) mass is 260 g/mol. The van der Waals surface area contributed by atoms with Gasteiger partial charge in [-0.15, -0.1) is 11.3 Å². The van der Waals surface area contributed by atoms with E-state index < -0.39 is 0 Å². The van der Waals surface area contributed by atoms with Gasteiger partial charge in [-0.1, -0.05) is 23.2 Å². The SMILES string of the molecule is COC(=O)c1csc2c(Cl)cc(Cl)cc12. The van der Waals surface area contributed by atoms with E-state index in [1.807, 2.05) is 0 Å². The summed E-state index contributed by atoms with van der Waals surface area (Å²) in [6.45, 7) is 0. The minimum absolute atomic E-state index is 0.375. The third-order valence-corrected chi connectivity index (χ3v) is 3.66. The van der Waals surface area contributed by atoms with E-state index in [-0.39, 0.29) is 5.97 Å². The van der Waals surface area contributed by atoms with Gasteiger partial charge in [-0.05, 0) is 12.1 Å². The topological polar surface area (TPSA) is 26.3 Å². The number of methoxy groups -OCH3 is 1. The Morgan fingerprint density at radius 3 is 2.80 bits per heavy atom. The maximum absolute atomic E-state index is 11.4. The van der Waals surface area contributed by atoms with Gasteiger partial charge in [-0.25, -0.2) is 4.79 Å². The van der Waals surface area contributed by atoms with Crippen molar-refractivity contribution < 1.29 is 9.53 Å². The van der Waals surface area contributed by atoms with Crippen LogP contribution in [0.4, 0.5) is 0 Å². The lowest BCUT2D eigenvalue weighted by atomic mass is 10.2. The van der Waals surface area contributed by atoms with Crippen LogP contribution in [0.3, 0.4) is 0 Å². The number of benzene rings is 1. The number of halogens is 2. The van der Waals surface area contributed by atoms with Crippen LogP contribution in [0, 0.1) is 0 Å². The Hall–Kier alpha value is -0.770. The van der Waals surface area contributed by atoms with Crippen molar-refractivity contribution in [3.05, 3.63) is 33.1 Å². The van der Waals surface area contributed by atoms with Gasteiger partial charge in [0.1, 0.15) is 0 Å². The molecule has 78 valence electrons. The first-order chi connectivity index (χ1) is 7.13. The second kappa shape index (κ2) is 4.00. The van der Waals surface area contributed by atoms with Crippen LogP contribution < -0.4 is 0 Å². The van der Waals surface area contributed by atoms with Crippen molar-refractivity contribution in [2.75, 3.05) is 7.11 Å². The zero-order chi connectivity index (χ0) is 11.0. The van der Waals surface area contributed by atoms with Gasteiger partial charge in [0.05, 0.1) is 22.4 Å². The lowest BCUT2D eigenvalue weighted by Crippen LogP contribution is -1.99. The molecule has 0 saturated heterocycles. The Balaban J connectivity index is 2.74. The molecule has 0 aliphatic carbocycles. The predicted octanol–water partition coefficient (Wildman–Crippen LogP) is 3.99. The van der Waals surface area contributed by atoms with Gasteiger partial charge in [0.25, 0.3) is 0 Å². The number of hydrogen-bond acceptors (Lipinski definition) is 3. The van der Waals surface area contributed by atoms with Crippen LogP contribution in [-0.4, -0.2) is 13.1 Å². The van der Waals surface area contributed by atoms with Crippen molar-refractivity contribution >= 4 is 50.6 Å². The number of esters is 1. The third kappa shape index (κ3) is 1.83. The minimum Gasteiger partial charge on any atom is -0.465 e. The molecule has 0 spiro atoms. The molecule has 2 rings (SSSR count). The summed E-state index contributed by atoms with van der Waals surface area (Å²) in [5.74, 6) is -0.375. The van der Waals surface area contributed by atoms with E-state index in [0.29, 0.717) is 15.6 Å². The van der Waals surface area contributed by atoms with E-state index >= 15 is 0 Å². The number of ether oxygens (including phenoxy) is 1. The van der Waals surface area contributed by atoms with Crippen LogP contribution >= 0.6 is 34.5 Å². The van der Waals surface area contributed by atoms with Crippen molar-refractivity contribution in [3.8, 4) is 0 Å². The van der Waals surface area contributed by atoms with Crippen molar-refractivity contribution in [2.24, 2.45) is 0 Å². The van der Waals surface area contributed by atoms with Crippen LogP contribution in [0.25, 0.3) is 10.1 Å². The molecular weight excluding hydrogens is 255 g/mol. The summed E-state index contributed by atoms with van der Waals surface area (Å²) in [5.41, 5.74) is 0.502. The van der Waals surface area contributed by atoms with E-state index in [4.69, 9.17) is 23.2 Å². The largest absolute Gasteiger partial charge is 0.465 e. The normalized spacial score (nSPS) is 10.6. The summed E-state index contributed by atoms with van der Waals surface area (Å²) >= 11 is 13.3. The number of thiophene rings is 1. The average Bonchev–Trinajstić information content (AvgIpc) is 2.60. The van der Waals surface area contributed by atoms with Crippen LogP contribution in [0.5, 0.6) is 0 Å². The smallest absolute Gasteiger partial charge is 0.339 e. The van der Waals surface area contributed by atoms with E-state index in [0.717, 1.165) is 10.1 Å². The Bertz CT molecular complexity index is 533. The van der Waals surface area contributed by atoms with Crippen LogP contribution in [0.1, 0.15) is 10.4 Å². The van der Waals surface area contributed by atoms with Crippen molar-refractivity contribution in [2.45, 2.75) is 0 Å². The maximum atomic E-state index is 11.4. The molecule has 1 aromatic heterocycles. The molecule has 0 amide bonds. The number of fused-ring (bicyclic) bond motifs is 1. The number of rotatable bonds is 1. The van der Waals surface area contributed by atoms with Crippen molar-refractivity contribution in [1.29, 1.82) is 0 Å². The highest BCUT2D eigenvalue weighted by molar-refractivity contribution is 7.18. The fourth-order valence-corrected chi connectivity index (χ4v) is 2.88. The summed E-state index contributed by atoms with van der Waals surface area (Å²) in [5, 5.41) is 3.52.